The number of esters is 1. The summed E-state index contributed by atoms with van der Waals surface area (Å²) in [6.45, 7) is 1.55. The summed E-state index contributed by atoms with van der Waals surface area (Å²) in [6.07, 6.45) is -3.84. The smallest absolute Gasteiger partial charge is 0.312 e. The molecule has 1 N–H and O–H groups in total. The van der Waals surface area contributed by atoms with Gasteiger partial charge in [0, 0.05) is 6.07 Å². The lowest BCUT2D eigenvalue weighted by Gasteiger charge is -2.06. The van der Waals surface area contributed by atoms with Gasteiger partial charge >= 0.3 is 5.97 Å². The van der Waals surface area contributed by atoms with E-state index in [1.165, 1.54) is 6.92 Å². The average molecular weight is 276 g/mol. The van der Waals surface area contributed by atoms with Crippen LogP contribution in [0.25, 0.3) is 0 Å². The second kappa shape index (κ2) is 6.03. The highest BCUT2D eigenvalue weighted by Crippen LogP contribution is 2.29. The zero-order valence-corrected chi connectivity index (χ0v) is 9.81. The molecule has 0 radical (unpaired) electrons. The molecule has 19 heavy (non-hydrogen) atoms. The maximum Gasteiger partial charge on any atom is 0.312 e. The number of hydrogen-bond acceptors (Lipinski definition) is 5. The minimum atomic E-state index is -3.19. The predicted octanol–water partition coefficient (Wildman–Crippen LogP) is 1.33. The number of aromatic amines is 1. The molecule has 1 aromatic rings. The highest BCUT2D eigenvalue weighted by atomic mass is 19.3. The third-order valence-electron chi connectivity index (χ3n) is 2.16. The van der Waals surface area contributed by atoms with Crippen LogP contribution in [0.4, 0.5) is 14.5 Å². The van der Waals surface area contributed by atoms with Crippen LogP contribution in [0, 0.1) is 10.1 Å². The summed E-state index contributed by atoms with van der Waals surface area (Å²) >= 11 is 0. The lowest BCUT2D eigenvalue weighted by molar-refractivity contribution is -0.387. The number of carbonyl (C=O) groups excluding carboxylic acids is 1. The van der Waals surface area contributed by atoms with Crippen molar-refractivity contribution in [2.75, 3.05) is 6.61 Å². The van der Waals surface area contributed by atoms with Gasteiger partial charge in [0.05, 0.1) is 18.0 Å². The Balaban J connectivity index is 3.33. The SMILES string of the molecule is CCOC(=O)Cc1[nH]c(=O)cc(C(F)F)c1[N+](=O)[O-]. The number of nitrogens with zero attached hydrogens (tertiary/aromatic N) is 1. The molecule has 9 heteroatoms. The van der Waals surface area contributed by atoms with E-state index in [2.05, 4.69) is 4.74 Å². The van der Waals surface area contributed by atoms with Crippen LogP contribution in [-0.2, 0) is 16.0 Å². The Labute approximate surface area is 105 Å². The minimum absolute atomic E-state index is 0.0331. The number of halogens is 2. The summed E-state index contributed by atoms with van der Waals surface area (Å²) in [5.74, 6) is -0.854. The number of H-pyrrole nitrogens is 1. The fourth-order valence-corrected chi connectivity index (χ4v) is 1.49. The van der Waals surface area contributed by atoms with E-state index < -0.39 is 46.2 Å². The van der Waals surface area contributed by atoms with Crippen molar-refractivity contribution in [3.63, 3.8) is 0 Å². The first-order valence-corrected chi connectivity index (χ1v) is 5.21. The van der Waals surface area contributed by atoms with E-state index in [4.69, 9.17) is 0 Å². The molecule has 0 amide bonds. The summed E-state index contributed by atoms with van der Waals surface area (Å²) < 4.78 is 29.9. The highest BCUT2D eigenvalue weighted by molar-refractivity contribution is 5.73. The minimum Gasteiger partial charge on any atom is -0.466 e. The molecule has 1 aromatic heterocycles. The molecule has 0 atom stereocenters. The number of pyridine rings is 1. The van der Waals surface area contributed by atoms with Crippen molar-refractivity contribution in [1.29, 1.82) is 0 Å². The molecule has 0 aliphatic carbocycles. The van der Waals surface area contributed by atoms with Crippen LogP contribution in [0.2, 0.25) is 0 Å². The topological polar surface area (TPSA) is 102 Å². The van der Waals surface area contributed by atoms with Gasteiger partial charge < -0.3 is 9.72 Å². The number of aromatic nitrogens is 1. The Hall–Kier alpha value is -2.32. The van der Waals surface area contributed by atoms with E-state index in [9.17, 15) is 28.5 Å². The molecule has 0 fully saturated rings. The summed E-state index contributed by atoms with van der Waals surface area (Å²) in [7, 11) is 0. The van der Waals surface area contributed by atoms with Gasteiger partial charge in [-0.1, -0.05) is 0 Å². The molecule has 0 saturated carbocycles. The van der Waals surface area contributed by atoms with E-state index in [0.29, 0.717) is 6.07 Å². The number of nitrogens with one attached hydrogen (secondary N) is 1. The van der Waals surface area contributed by atoms with E-state index in [1.807, 2.05) is 4.98 Å². The van der Waals surface area contributed by atoms with Crippen molar-refractivity contribution in [3.05, 3.63) is 37.8 Å². The molecule has 0 bridgehead atoms. The molecule has 104 valence electrons. The quantitative estimate of drug-likeness (QED) is 0.496. The van der Waals surface area contributed by atoms with Crippen molar-refractivity contribution in [2.45, 2.75) is 19.8 Å². The van der Waals surface area contributed by atoms with Gasteiger partial charge in [0.15, 0.2) is 0 Å². The molecule has 0 spiro atoms. The zero-order valence-electron chi connectivity index (χ0n) is 9.81. The summed E-state index contributed by atoms with van der Waals surface area (Å²) in [5, 5.41) is 10.8. The third kappa shape index (κ3) is 3.57. The van der Waals surface area contributed by atoms with E-state index >= 15 is 0 Å². The van der Waals surface area contributed by atoms with Crippen LogP contribution in [0.15, 0.2) is 10.9 Å². The number of ether oxygens (including phenoxy) is 1. The Morgan fingerprint density at radius 2 is 2.21 bits per heavy atom. The molecule has 1 rings (SSSR count). The van der Waals surface area contributed by atoms with Gasteiger partial charge in [-0.3, -0.25) is 19.7 Å². The number of nitro groups is 1. The van der Waals surface area contributed by atoms with Crippen LogP contribution in [-0.4, -0.2) is 22.5 Å². The largest absolute Gasteiger partial charge is 0.466 e. The molecular weight excluding hydrogens is 266 g/mol. The van der Waals surface area contributed by atoms with E-state index in [0.717, 1.165) is 0 Å². The zero-order chi connectivity index (χ0) is 14.6. The summed E-state index contributed by atoms with van der Waals surface area (Å²) in [6, 6.07) is 0.442. The Bertz CT molecular complexity index is 555. The van der Waals surface area contributed by atoms with Gasteiger partial charge in [0.2, 0.25) is 5.56 Å². The monoisotopic (exact) mass is 276 g/mol. The lowest BCUT2D eigenvalue weighted by atomic mass is 10.1. The van der Waals surface area contributed by atoms with Gasteiger partial charge in [-0.25, -0.2) is 8.78 Å². The Kier molecular flexibility index (Phi) is 4.67. The molecule has 0 unspecified atom stereocenters. The molecular formula is C10H10F2N2O5. The van der Waals surface area contributed by atoms with Crippen LogP contribution < -0.4 is 5.56 Å². The van der Waals surface area contributed by atoms with Gasteiger partial charge in [0.25, 0.3) is 12.1 Å². The molecule has 0 aliphatic heterocycles. The molecule has 0 aliphatic rings. The maximum absolute atomic E-state index is 12.7. The first kappa shape index (κ1) is 14.7. The standard InChI is InChI=1S/C10H10F2N2O5/c1-2-19-8(16)4-6-9(14(17)18)5(10(11)12)3-7(15)13-6/h3,10H,2,4H2,1H3,(H,13,15). The fourth-order valence-electron chi connectivity index (χ4n) is 1.49. The van der Waals surface area contributed by atoms with Crippen LogP contribution in [0.1, 0.15) is 24.6 Å². The van der Waals surface area contributed by atoms with Crippen LogP contribution >= 0.6 is 0 Å². The molecule has 7 nitrogen and oxygen atoms in total. The van der Waals surface area contributed by atoms with Gasteiger partial charge in [-0.15, -0.1) is 0 Å². The van der Waals surface area contributed by atoms with Gasteiger partial charge in [0.1, 0.15) is 11.3 Å². The van der Waals surface area contributed by atoms with Crippen molar-refractivity contribution in [3.8, 4) is 0 Å². The molecule has 0 aromatic carbocycles. The first-order chi connectivity index (χ1) is 8.86. The third-order valence-corrected chi connectivity index (χ3v) is 2.16. The second-order valence-electron chi connectivity index (χ2n) is 3.46. The predicted molar refractivity (Wildman–Crippen MR) is 59.0 cm³/mol. The van der Waals surface area contributed by atoms with Crippen molar-refractivity contribution < 1.29 is 23.2 Å². The maximum atomic E-state index is 12.7. The van der Waals surface area contributed by atoms with Crippen LogP contribution in [0.5, 0.6) is 0 Å². The van der Waals surface area contributed by atoms with Crippen molar-refractivity contribution in [1.82, 2.24) is 4.98 Å². The van der Waals surface area contributed by atoms with E-state index in [1.54, 1.807) is 0 Å². The number of hydrogen-bond donors (Lipinski definition) is 1. The Morgan fingerprint density at radius 3 is 2.68 bits per heavy atom. The average Bonchev–Trinajstić information content (AvgIpc) is 2.27. The second-order valence-corrected chi connectivity index (χ2v) is 3.46. The summed E-state index contributed by atoms with van der Waals surface area (Å²) in [4.78, 5) is 34.1. The number of carbonyl (C=O) groups is 1. The fraction of sp³-hybridized carbons (Fsp3) is 0.400. The van der Waals surface area contributed by atoms with Crippen molar-refractivity contribution >= 4 is 11.7 Å². The molecule has 1 heterocycles. The first-order valence-electron chi connectivity index (χ1n) is 5.21. The van der Waals surface area contributed by atoms with Crippen molar-refractivity contribution in [2.24, 2.45) is 0 Å². The number of alkyl halides is 2. The van der Waals surface area contributed by atoms with Gasteiger partial charge in [-0.05, 0) is 6.92 Å². The molecule has 0 saturated heterocycles. The highest BCUT2D eigenvalue weighted by Gasteiger charge is 2.28. The Morgan fingerprint density at radius 1 is 1.58 bits per heavy atom. The van der Waals surface area contributed by atoms with E-state index in [-0.39, 0.29) is 6.61 Å². The lowest BCUT2D eigenvalue weighted by Crippen LogP contribution is -2.18. The number of rotatable bonds is 5. The van der Waals surface area contributed by atoms with Gasteiger partial charge in [-0.2, -0.15) is 0 Å². The van der Waals surface area contributed by atoms with Crippen LogP contribution in [0.3, 0.4) is 0 Å². The summed E-state index contributed by atoms with van der Waals surface area (Å²) in [5.41, 5.74) is -3.43. The normalized spacial score (nSPS) is 10.5.